The van der Waals surface area contributed by atoms with Gasteiger partial charge in [-0.1, -0.05) is 12.1 Å². The van der Waals surface area contributed by atoms with Gasteiger partial charge >= 0.3 is 5.97 Å². The number of para-hydroxylation sites is 1. The minimum Gasteiger partial charge on any atom is -0.481 e. The summed E-state index contributed by atoms with van der Waals surface area (Å²) in [6.07, 6.45) is 1.43. The summed E-state index contributed by atoms with van der Waals surface area (Å²) in [7, 11) is 0. The van der Waals surface area contributed by atoms with Gasteiger partial charge in [0.05, 0.1) is 23.1 Å². The van der Waals surface area contributed by atoms with Crippen LogP contribution in [0, 0.1) is 6.92 Å². The van der Waals surface area contributed by atoms with Crippen molar-refractivity contribution < 1.29 is 9.90 Å². The van der Waals surface area contributed by atoms with Crippen LogP contribution in [-0.2, 0) is 11.2 Å². The fourth-order valence-corrected chi connectivity index (χ4v) is 1.46. The molecule has 0 fully saturated rings. The summed E-state index contributed by atoms with van der Waals surface area (Å²) in [5.41, 5.74) is 3.10. The minimum atomic E-state index is -0.892. The Balaban J connectivity index is 2.52. The highest BCUT2D eigenvalue weighted by molar-refractivity contribution is 5.78. The Kier molecular flexibility index (Phi) is 2.33. The van der Waals surface area contributed by atoms with E-state index in [0.717, 1.165) is 16.6 Å². The van der Waals surface area contributed by atoms with Crippen LogP contribution in [0.25, 0.3) is 11.0 Å². The van der Waals surface area contributed by atoms with Crippen molar-refractivity contribution in [2.45, 2.75) is 13.3 Å². The Morgan fingerprint density at radius 2 is 2.27 bits per heavy atom. The van der Waals surface area contributed by atoms with Crippen LogP contribution >= 0.6 is 0 Å². The van der Waals surface area contributed by atoms with Crippen LogP contribution in [0.4, 0.5) is 0 Å². The van der Waals surface area contributed by atoms with E-state index in [2.05, 4.69) is 9.97 Å². The second-order valence-electron chi connectivity index (χ2n) is 3.37. The van der Waals surface area contributed by atoms with E-state index >= 15 is 0 Å². The lowest BCUT2D eigenvalue weighted by Crippen LogP contribution is -2.03. The molecule has 2 rings (SSSR count). The summed E-state index contributed by atoms with van der Waals surface area (Å²) < 4.78 is 0. The molecule has 0 unspecified atom stereocenters. The van der Waals surface area contributed by atoms with Gasteiger partial charge in [-0.25, -0.2) is 4.98 Å². The van der Waals surface area contributed by atoms with Crippen molar-refractivity contribution >= 4 is 17.0 Å². The number of carboxylic acid groups (broad SMARTS) is 1. The summed E-state index contributed by atoms with van der Waals surface area (Å²) in [5, 5.41) is 8.63. The zero-order chi connectivity index (χ0) is 10.8. The van der Waals surface area contributed by atoms with E-state index in [1.165, 1.54) is 6.20 Å². The van der Waals surface area contributed by atoms with Gasteiger partial charge in [0, 0.05) is 6.20 Å². The van der Waals surface area contributed by atoms with Crippen LogP contribution in [0.15, 0.2) is 24.4 Å². The van der Waals surface area contributed by atoms with Crippen LogP contribution in [0.1, 0.15) is 11.3 Å². The monoisotopic (exact) mass is 202 g/mol. The molecule has 0 amide bonds. The van der Waals surface area contributed by atoms with Crippen molar-refractivity contribution in [1.29, 1.82) is 0 Å². The maximum absolute atomic E-state index is 10.5. The minimum absolute atomic E-state index is 0.0864. The molecule has 0 atom stereocenters. The first kappa shape index (κ1) is 9.58. The molecule has 0 aliphatic heterocycles. The lowest BCUT2D eigenvalue weighted by atomic mass is 10.2. The first-order valence-electron chi connectivity index (χ1n) is 4.60. The zero-order valence-electron chi connectivity index (χ0n) is 8.27. The van der Waals surface area contributed by atoms with Crippen LogP contribution in [0.2, 0.25) is 0 Å². The van der Waals surface area contributed by atoms with Crippen LogP contribution < -0.4 is 0 Å². The number of rotatable bonds is 2. The molecule has 1 aromatic heterocycles. The Bertz CT molecular complexity index is 523. The van der Waals surface area contributed by atoms with Gasteiger partial charge in [0.25, 0.3) is 0 Å². The molecule has 1 heterocycles. The Labute approximate surface area is 86.6 Å². The molecule has 1 N–H and O–H groups in total. The van der Waals surface area contributed by atoms with E-state index in [1.54, 1.807) is 0 Å². The number of carbonyl (C=O) groups is 1. The molecule has 0 bridgehead atoms. The lowest BCUT2D eigenvalue weighted by Gasteiger charge is -2.01. The van der Waals surface area contributed by atoms with Crippen molar-refractivity contribution in [2.24, 2.45) is 0 Å². The standard InChI is InChI=1S/C11H10N2O2/c1-7-3-2-4-9-11(7)12-6-8(13-9)5-10(14)15/h2-4,6H,5H2,1H3,(H,14,15). The predicted octanol–water partition coefficient (Wildman–Crippen LogP) is 1.57. The Morgan fingerprint density at radius 1 is 1.47 bits per heavy atom. The van der Waals surface area contributed by atoms with Crippen LogP contribution in [0.5, 0.6) is 0 Å². The number of hydrogen-bond acceptors (Lipinski definition) is 3. The highest BCUT2D eigenvalue weighted by Crippen LogP contribution is 2.13. The maximum atomic E-state index is 10.5. The van der Waals surface area contributed by atoms with Gasteiger partial charge in [-0.05, 0) is 18.6 Å². The van der Waals surface area contributed by atoms with Gasteiger partial charge in [0.2, 0.25) is 0 Å². The summed E-state index contributed by atoms with van der Waals surface area (Å²) in [4.78, 5) is 18.9. The third kappa shape index (κ3) is 1.93. The molecule has 0 spiro atoms. The van der Waals surface area contributed by atoms with Gasteiger partial charge in [-0.2, -0.15) is 0 Å². The normalized spacial score (nSPS) is 10.5. The number of aromatic nitrogens is 2. The largest absolute Gasteiger partial charge is 0.481 e. The topological polar surface area (TPSA) is 63.1 Å². The zero-order valence-corrected chi connectivity index (χ0v) is 8.27. The molecule has 0 aliphatic carbocycles. The summed E-state index contributed by atoms with van der Waals surface area (Å²) in [6, 6.07) is 5.67. The fourth-order valence-electron chi connectivity index (χ4n) is 1.46. The SMILES string of the molecule is Cc1cccc2nc(CC(=O)O)cnc12. The molecular weight excluding hydrogens is 192 g/mol. The quantitative estimate of drug-likeness (QED) is 0.802. The average molecular weight is 202 g/mol. The number of hydrogen-bond donors (Lipinski definition) is 1. The molecule has 0 saturated heterocycles. The molecule has 4 heteroatoms. The van der Waals surface area contributed by atoms with Crippen molar-refractivity contribution in [1.82, 2.24) is 9.97 Å². The van der Waals surface area contributed by atoms with E-state index < -0.39 is 5.97 Å². The Morgan fingerprint density at radius 3 is 3.00 bits per heavy atom. The van der Waals surface area contributed by atoms with Crippen molar-refractivity contribution in [2.75, 3.05) is 0 Å². The van der Waals surface area contributed by atoms with E-state index in [1.807, 2.05) is 25.1 Å². The van der Waals surface area contributed by atoms with E-state index in [-0.39, 0.29) is 6.42 Å². The first-order valence-corrected chi connectivity index (χ1v) is 4.60. The smallest absolute Gasteiger partial charge is 0.309 e. The number of nitrogens with zero attached hydrogens (tertiary/aromatic N) is 2. The molecule has 76 valence electrons. The Hall–Kier alpha value is -1.97. The number of benzene rings is 1. The second kappa shape index (κ2) is 3.65. The highest BCUT2D eigenvalue weighted by Gasteiger charge is 2.05. The third-order valence-electron chi connectivity index (χ3n) is 2.16. The van der Waals surface area contributed by atoms with Crippen molar-refractivity contribution in [3.8, 4) is 0 Å². The molecule has 4 nitrogen and oxygen atoms in total. The van der Waals surface area contributed by atoms with Crippen LogP contribution in [0.3, 0.4) is 0 Å². The highest BCUT2D eigenvalue weighted by atomic mass is 16.4. The molecule has 0 radical (unpaired) electrons. The number of carboxylic acids is 1. The summed E-state index contributed by atoms with van der Waals surface area (Å²) in [6.45, 7) is 1.95. The lowest BCUT2D eigenvalue weighted by molar-refractivity contribution is -0.136. The summed E-state index contributed by atoms with van der Waals surface area (Å²) in [5.74, 6) is -0.892. The van der Waals surface area contributed by atoms with Crippen molar-refractivity contribution in [3.05, 3.63) is 35.7 Å². The number of aryl methyl sites for hydroxylation is 1. The van der Waals surface area contributed by atoms with E-state index in [4.69, 9.17) is 5.11 Å². The van der Waals surface area contributed by atoms with Gasteiger partial charge in [0.1, 0.15) is 0 Å². The van der Waals surface area contributed by atoms with Gasteiger partial charge in [-0.3, -0.25) is 9.78 Å². The fraction of sp³-hybridized carbons (Fsp3) is 0.182. The average Bonchev–Trinajstić information content (AvgIpc) is 2.17. The van der Waals surface area contributed by atoms with Gasteiger partial charge in [0.15, 0.2) is 0 Å². The number of fused-ring (bicyclic) bond motifs is 1. The second-order valence-corrected chi connectivity index (χ2v) is 3.37. The van der Waals surface area contributed by atoms with Crippen LogP contribution in [-0.4, -0.2) is 21.0 Å². The van der Waals surface area contributed by atoms with E-state index in [9.17, 15) is 4.79 Å². The molecule has 0 aliphatic rings. The third-order valence-corrected chi connectivity index (χ3v) is 2.16. The first-order chi connectivity index (χ1) is 7.16. The molecule has 15 heavy (non-hydrogen) atoms. The van der Waals surface area contributed by atoms with Gasteiger partial charge in [-0.15, -0.1) is 0 Å². The summed E-state index contributed by atoms with van der Waals surface area (Å²) >= 11 is 0. The van der Waals surface area contributed by atoms with Gasteiger partial charge < -0.3 is 5.11 Å². The predicted molar refractivity (Wildman–Crippen MR) is 55.6 cm³/mol. The van der Waals surface area contributed by atoms with Crippen molar-refractivity contribution in [3.63, 3.8) is 0 Å². The molecule has 1 aromatic carbocycles. The van der Waals surface area contributed by atoms with E-state index in [0.29, 0.717) is 5.69 Å². The molecular formula is C11H10N2O2. The number of aliphatic carboxylic acids is 1. The molecule has 2 aromatic rings. The maximum Gasteiger partial charge on any atom is 0.309 e. The molecule has 0 saturated carbocycles.